The van der Waals surface area contributed by atoms with Crippen molar-refractivity contribution >= 4 is 34.0 Å². The summed E-state index contributed by atoms with van der Waals surface area (Å²) in [6.07, 6.45) is 0. The molecule has 0 unspecified atom stereocenters. The van der Waals surface area contributed by atoms with Gasteiger partial charge in [0.1, 0.15) is 5.82 Å². The summed E-state index contributed by atoms with van der Waals surface area (Å²) >= 11 is 1.67. The van der Waals surface area contributed by atoms with E-state index in [2.05, 4.69) is 15.5 Å². The highest BCUT2D eigenvalue weighted by molar-refractivity contribution is 7.12. The second-order valence-corrected chi connectivity index (χ2v) is 8.20. The molecule has 0 fully saturated rings. The minimum Gasteiger partial charge on any atom is -0.335 e. The molecule has 1 N–H and O–H groups in total. The van der Waals surface area contributed by atoms with Crippen LogP contribution in [-0.2, 0) is 0 Å². The molecule has 4 rings (SSSR count). The fourth-order valence-corrected chi connectivity index (χ4v) is 4.15. The lowest BCUT2D eigenvalue weighted by molar-refractivity contribution is 0.102. The zero-order chi connectivity index (χ0) is 20.0. The lowest BCUT2D eigenvalue weighted by Crippen LogP contribution is -2.14. The van der Waals surface area contributed by atoms with E-state index in [1.165, 1.54) is 12.1 Å². The first-order valence-electron chi connectivity index (χ1n) is 8.75. The van der Waals surface area contributed by atoms with Crippen LogP contribution in [0.4, 0.5) is 10.1 Å². The first-order chi connectivity index (χ1) is 13.3. The standard InChI is InChI=1S/C21H18FN3O2S/c1-10-5-6-14(22)8-17(10)23-20(26)16-9-18(15-7-11(2)28-13(15)4)24-21-19(16)12(3)25-27-21/h5-9H,1-4H3,(H,23,26). The number of rotatable bonds is 3. The molecule has 0 atom stereocenters. The van der Waals surface area contributed by atoms with Gasteiger partial charge in [-0.1, -0.05) is 11.2 Å². The molecule has 4 aromatic rings. The van der Waals surface area contributed by atoms with E-state index in [1.807, 2.05) is 26.8 Å². The normalized spacial score (nSPS) is 11.2. The van der Waals surface area contributed by atoms with Gasteiger partial charge in [-0.2, -0.15) is 0 Å². The second-order valence-electron chi connectivity index (χ2n) is 6.74. The zero-order valence-corrected chi connectivity index (χ0v) is 16.7. The van der Waals surface area contributed by atoms with E-state index >= 15 is 0 Å². The average Bonchev–Trinajstić information content (AvgIpc) is 3.19. The lowest BCUT2D eigenvalue weighted by Gasteiger charge is -2.10. The van der Waals surface area contributed by atoms with Crippen molar-refractivity contribution < 1.29 is 13.7 Å². The summed E-state index contributed by atoms with van der Waals surface area (Å²) in [5.74, 6) is -0.773. The van der Waals surface area contributed by atoms with E-state index in [4.69, 9.17) is 4.52 Å². The molecule has 0 bridgehead atoms. The number of thiophene rings is 1. The minimum absolute atomic E-state index is 0.305. The van der Waals surface area contributed by atoms with Gasteiger partial charge in [0.05, 0.1) is 22.3 Å². The molecule has 142 valence electrons. The molecule has 0 spiro atoms. The van der Waals surface area contributed by atoms with Crippen molar-refractivity contribution in [1.29, 1.82) is 0 Å². The summed E-state index contributed by atoms with van der Waals surface area (Å²) in [5.41, 5.74) is 4.07. The number of fused-ring (bicyclic) bond motifs is 1. The number of amides is 1. The van der Waals surface area contributed by atoms with Crippen molar-refractivity contribution in [3.63, 3.8) is 0 Å². The molecule has 0 aliphatic heterocycles. The highest BCUT2D eigenvalue weighted by Crippen LogP contribution is 2.33. The Morgan fingerprint density at radius 3 is 2.64 bits per heavy atom. The van der Waals surface area contributed by atoms with Crippen LogP contribution in [0, 0.1) is 33.5 Å². The van der Waals surface area contributed by atoms with Crippen molar-refractivity contribution in [3.05, 3.63) is 62.7 Å². The van der Waals surface area contributed by atoms with E-state index in [9.17, 15) is 9.18 Å². The quantitative estimate of drug-likeness (QED) is 0.492. The van der Waals surface area contributed by atoms with E-state index in [0.29, 0.717) is 33.7 Å². The molecule has 1 aromatic carbocycles. The number of nitrogens with zero attached hydrogens (tertiary/aromatic N) is 2. The van der Waals surface area contributed by atoms with Gasteiger partial charge in [-0.05, 0) is 57.5 Å². The number of hydrogen-bond acceptors (Lipinski definition) is 5. The molecule has 0 saturated carbocycles. The molecular formula is C21H18FN3O2S. The molecular weight excluding hydrogens is 377 g/mol. The van der Waals surface area contributed by atoms with Gasteiger partial charge in [-0.15, -0.1) is 11.3 Å². The largest absolute Gasteiger partial charge is 0.335 e. The van der Waals surface area contributed by atoms with Gasteiger partial charge in [0.25, 0.3) is 11.6 Å². The van der Waals surface area contributed by atoms with Crippen molar-refractivity contribution in [3.8, 4) is 11.3 Å². The first-order valence-corrected chi connectivity index (χ1v) is 9.57. The average molecular weight is 395 g/mol. The Balaban J connectivity index is 1.85. The highest BCUT2D eigenvalue weighted by atomic mass is 32.1. The van der Waals surface area contributed by atoms with Crippen LogP contribution in [-0.4, -0.2) is 16.0 Å². The molecule has 0 radical (unpaired) electrons. The van der Waals surface area contributed by atoms with Crippen LogP contribution >= 0.6 is 11.3 Å². The Morgan fingerprint density at radius 2 is 1.93 bits per heavy atom. The third kappa shape index (κ3) is 3.18. The number of hydrogen-bond donors (Lipinski definition) is 1. The number of nitrogens with one attached hydrogen (secondary N) is 1. The van der Waals surface area contributed by atoms with E-state index in [1.54, 1.807) is 30.4 Å². The van der Waals surface area contributed by atoms with Gasteiger partial charge in [0.15, 0.2) is 0 Å². The number of aromatic nitrogens is 2. The first kappa shape index (κ1) is 18.3. The number of carbonyl (C=O) groups excluding carboxylic acids is 1. The molecule has 7 heteroatoms. The summed E-state index contributed by atoms with van der Waals surface area (Å²) in [6, 6.07) is 8.07. The summed E-state index contributed by atoms with van der Waals surface area (Å²) in [4.78, 5) is 19.9. The topological polar surface area (TPSA) is 68.0 Å². The second kappa shape index (κ2) is 6.83. The summed E-state index contributed by atoms with van der Waals surface area (Å²) in [6.45, 7) is 7.61. The number of benzene rings is 1. The lowest BCUT2D eigenvalue weighted by atomic mass is 10.0. The number of pyridine rings is 1. The van der Waals surface area contributed by atoms with Gasteiger partial charge in [-0.3, -0.25) is 4.79 Å². The van der Waals surface area contributed by atoms with Crippen LogP contribution in [0.2, 0.25) is 0 Å². The zero-order valence-electron chi connectivity index (χ0n) is 15.9. The fraction of sp³-hybridized carbons (Fsp3) is 0.190. The smallest absolute Gasteiger partial charge is 0.259 e. The van der Waals surface area contributed by atoms with Crippen LogP contribution in [0.15, 0.2) is 34.9 Å². The fourth-order valence-electron chi connectivity index (χ4n) is 3.22. The Labute approximate surface area is 165 Å². The van der Waals surface area contributed by atoms with E-state index < -0.39 is 5.82 Å². The Bertz CT molecular complexity index is 1230. The van der Waals surface area contributed by atoms with Gasteiger partial charge in [0.2, 0.25) is 0 Å². The van der Waals surface area contributed by atoms with Crippen molar-refractivity contribution in [2.24, 2.45) is 0 Å². The van der Waals surface area contributed by atoms with Crippen LogP contribution < -0.4 is 5.32 Å². The van der Waals surface area contributed by atoms with Gasteiger partial charge >= 0.3 is 0 Å². The van der Waals surface area contributed by atoms with Crippen LogP contribution in [0.25, 0.3) is 22.4 Å². The molecule has 3 heterocycles. The molecule has 5 nitrogen and oxygen atoms in total. The third-order valence-electron chi connectivity index (χ3n) is 4.63. The van der Waals surface area contributed by atoms with Gasteiger partial charge < -0.3 is 9.84 Å². The van der Waals surface area contributed by atoms with E-state index in [-0.39, 0.29) is 5.91 Å². The molecule has 1 amide bonds. The van der Waals surface area contributed by atoms with Crippen molar-refractivity contribution in [2.45, 2.75) is 27.7 Å². The Morgan fingerprint density at radius 1 is 1.14 bits per heavy atom. The predicted octanol–water partition coefficient (Wildman–Crippen LogP) is 5.58. The monoisotopic (exact) mass is 395 g/mol. The third-order valence-corrected chi connectivity index (χ3v) is 5.59. The summed E-state index contributed by atoms with van der Waals surface area (Å²) < 4.78 is 19.0. The number of anilines is 1. The number of aryl methyl sites for hydroxylation is 4. The Kier molecular flexibility index (Phi) is 4.47. The maximum absolute atomic E-state index is 13.6. The highest BCUT2D eigenvalue weighted by Gasteiger charge is 2.21. The van der Waals surface area contributed by atoms with Crippen LogP contribution in [0.5, 0.6) is 0 Å². The number of halogens is 1. The van der Waals surface area contributed by atoms with Crippen LogP contribution in [0.1, 0.15) is 31.4 Å². The maximum Gasteiger partial charge on any atom is 0.259 e. The van der Waals surface area contributed by atoms with E-state index in [0.717, 1.165) is 20.9 Å². The van der Waals surface area contributed by atoms with Gasteiger partial charge in [0, 0.05) is 21.0 Å². The van der Waals surface area contributed by atoms with Crippen molar-refractivity contribution in [1.82, 2.24) is 10.1 Å². The molecule has 3 aromatic heterocycles. The molecule has 0 aliphatic rings. The minimum atomic E-state index is -0.410. The van der Waals surface area contributed by atoms with Crippen LogP contribution in [0.3, 0.4) is 0 Å². The maximum atomic E-state index is 13.6. The van der Waals surface area contributed by atoms with Gasteiger partial charge in [-0.25, -0.2) is 9.37 Å². The summed E-state index contributed by atoms with van der Waals surface area (Å²) in [7, 11) is 0. The molecule has 0 saturated heterocycles. The van der Waals surface area contributed by atoms with Crippen molar-refractivity contribution in [2.75, 3.05) is 5.32 Å². The SMILES string of the molecule is Cc1cc(-c2cc(C(=O)Nc3cc(F)ccc3C)c3c(C)noc3n2)c(C)s1. The molecule has 0 aliphatic carbocycles. The summed E-state index contributed by atoms with van der Waals surface area (Å²) in [5, 5.41) is 7.32. The predicted molar refractivity (Wildman–Crippen MR) is 108 cm³/mol. The Hall–Kier alpha value is -3.06. The number of carbonyl (C=O) groups is 1. The molecule has 28 heavy (non-hydrogen) atoms.